The van der Waals surface area contributed by atoms with Crippen LogP contribution in [0.4, 0.5) is 18.9 Å². The van der Waals surface area contributed by atoms with Crippen LogP contribution in [0, 0.1) is 18.7 Å². The molecule has 3 aromatic rings. The number of halogens is 3. The molecule has 3 N–H and O–H groups in total. The third-order valence-corrected chi connectivity index (χ3v) is 7.36. The lowest BCUT2D eigenvalue weighted by atomic mass is 9.99. The van der Waals surface area contributed by atoms with E-state index >= 15 is 4.39 Å². The lowest BCUT2D eigenvalue weighted by Crippen LogP contribution is -2.33. The molecule has 5 rings (SSSR count). The van der Waals surface area contributed by atoms with Crippen LogP contribution in [-0.2, 0) is 0 Å². The Morgan fingerprint density at radius 1 is 1.28 bits per heavy atom. The van der Waals surface area contributed by atoms with E-state index in [4.69, 9.17) is 5.73 Å². The van der Waals surface area contributed by atoms with Gasteiger partial charge in [-0.2, -0.15) is 0 Å². The fourth-order valence-electron chi connectivity index (χ4n) is 4.83. The van der Waals surface area contributed by atoms with E-state index in [1.807, 2.05) is 5.38 Å². The maximum absolute atomic E-state index is 15.6. The van der Waals surface area contributed by atoms with Crippen molar-refractivity contribution in [2.24, 2.45) is 11.7 Å². The maximum Gasteiger partial charge on any atom is 0.329 e. The molecule has 0 amide bonds. The van der Waals surface area contributed by atoms with Crippen molar-refractivity contribution in [3.63, 3.8) is 0 Å². The van der Waals surface area contributed by atoms with Gasteiger partial charge in [-0.1, -0.05) is 0 Å². The van der Waals surface area contributed by atoms with E-state index in [-0.39, 0.29) is 29.2 Å². The molecule has 2 aromatic heterocycles. The fraction of sp³-hybridized carbons (Fsp3) is 0.476. The van der Waals surface area contributed by atoms with Gasteiger partial charge in [-0.25, -0.2) is 22.9 Å². The highest BCUT2D eigenvalue weighted by atomic mass is 32.1. The summed E-state index contributed by atoms with van der Waals surface area (Å²) >= 11 is 1.44. The van der Waals surface area contributed by atoms with Crippen LogP contribution >= 0.6 is 11.3 Å². The normalized spacial score (nSPS) is 19.9. The second-order valence-corrected chi connectivity index (χ2v) is 9.40. The summed E-state index contributed by atoms with van der Waals surface area (Å²) in [5, 5.41) is 2.16. The Kier molecular flexibility index (Phi) is 5.12. The van der Waals surface area contributed by atoms with E-state index in [2.05, 4.69) is 9.97 Å². The number of anilines is 1. The Hall–Kier alpha value is -2.66. The van der Waals surface area contributed by atoms with Crippen molar-refractivity contribution in [1.82, 2.24) is 14.5 Å². The molecule has 1 aliphatic carbocycles. The summed E-state index contributed by atoms with van der Waals surface area (Å²) in [5.41, 5.74) is 4.19. The maximum atomic E-state index is 15.6. The largest absolute Gasteiger partial charge is 0.369 e. The monoisotopic (exact) mass is 465 g/mol. The van der Waals surface area contributed by atoms with Crippen molar-refractivity contribution in [3.8, 4) is 0 Å². The van der Waals surface area contributed by atoms with Crippen LogP contribution in [0.5, 0.6) is 0 Å². The summed E-state index contributed by atoms with van der Waals surface area (Å²) in [4.78, 5) is 33.1. The number of aromatic nitrogens is 3. The standard InChI is InChI=1S/C21H22F3N5O2S/c1-9-16-13(19(30)27-21(31)29(16)11-2-3-11)12(18(23)24)14(22)17(9)28-6-4-10(8-28)15(25)20-26-5-7-32-20/h5,7,10-11,15,18H,2-4,6,8,25H2,1H3,(H,27,30,31). The molecule has 2 aliphatic rings. The number of aryl methyl sites for hydroxylation is 1. The highest BCUT2D eigenvalue weighted by Gasteiger charge is 2.36. The molecule has 1 saturated carbocycles. The third-order valence-electron chi connectivity index (χ3n) is 6.48. The van der Waals surface area contributed by atoms with Crippen LogP contribution in [0.1, 0.15) is 53.9 Å². The van der Waals surface area contributed by atoms with Crippen LogP contribution < -0.4 is 21.9 Å². The Balaban J connectivity index is 1.68. The predicted molar refractivity (Wildman–Crippen MR) is 116 cm³/mol. The number of hydrogen-bond acceptors (Lipinski definition) is 6. The van der Waals surface area contributed by atoms with Crippen molar-refractivity contribution in [2.75, 3.05) is 18.0 Å². The SMILES string of the molecule is Cc1c(N2CCC(C(N)c3nccs3)C2)c(F)c(C(F)F)c2c(=O)[nH]c(=O)n(C3CC3)c12. The van der Waals surface area contributed by atoms with Crippen LogP contribution in [0.3, 0.4) is 0 Å². The van der Waals surface area contributed by atoms with Crippen LogP contribution in [0.15, 0.2) is 21.2 Å². The molecule has 0 radical (unpaired) electrons. The number of alkyl halides is 2. The molecule has 7 nitrogen and oxygen atoms in total. The Bertz CT molecular complexity index is 1300. The lowest BCUT2D eigenvalue weighted by molar-refractivity contribution is 0.148. The molecule has 32 heavy (non-hydrogen) atoms. The minimum absolute atomic E-state index is 0.0149. The van der Waals surface area contributed by atoms with Crippen molar-refractivity contribution >= 4 is 27.9 Å². The molecule has 0 bridgehead atoms. The Labute approximate surface area is 184 Å². The quantitative estimate of drug-likeness (QED) is 0.602. The Morgan fingerprint density at radius 2 is 2.03 bits per heavy atom. The molecule has 1 saturated heterocycles. The Morgan fingerprint density at radius 3 is 2.66 bits per heavy atom. The first-order valence-electron chi connectivity index (χ1n) is 10.5. The lowest BCUT2D eigenvalue weighted by Gasteiger charge is -2.26. The van der Waals surface area contributed by atoms with Crippen molar-refractivity contribution < 1.29 is 13.2 Å². The number of nitrogens with two attached hydrogens (primary N) is 1. The zero-order valence-electron chi connectivity index (χ0n) is 17.3. The fourth-order valence-corrected chi connectivity index (χ4v) is 5.56. The van der Waals surface area contributed by atoms with Gasteiger partial charge in [0.05, 0.1) is 28.2 Å². The topological polar surface area (TPSA) is 97.0 Å². The number of rotatable bonds is 5. The average Bonchev–Trinajstić information content (AvgIpc) is 3.22. The average molecular weight is 466 g/mol. The molecule has 2 atom stereocenters. The number of nitrogens with zero attached hydrogens (tertiary/aromatic N) is 3. The summed E-state index contributed by atoms with van der Waals surface area (Å²) in [6, 6.07) is -0.528. The number of fused-ring (bicyclic) bond motifs is 1. The van der Waals surface area contributed by atoms with E-state index in [1.54, 1.807) is 18.0 Å². The molecular weight excluding hydrogens is 443 g/mol. The van der Waals surface area contributed by atoms with Gasteiger partial charge in [0.25, 0.3) is 12.0 Å². The van der Waals surface area contributed by atoms with Crippen LogP contribution in [0.2, 0.25) is 0 Å². The molecular formula is C21H22F3N5O2S. The van der Waals surface area contributed by atoms with Gasteiger partial charge >= 0.3 is 5.69 Å². The molecule has 2 unspecified atom stereocenters. The summed E-state index contributed by atoms with van der Waals surface area (Å²) in [6.07, 6.45) is 0.506. The predicted octanol–water partition coefficient (Wildman–Crippen LogP) is 3.39. The second kappa shape index (κ2) is 7.73. The van der Waals surface area contributed by atoms with E-state index in [1.165, 1.54) is 15.9 Å². The van der Waals surface area contributed by atoms with Gasteiger partial charge in [-0.05, 0) is 32.1 Å². The molecule has 170 valence electrons. The second-order valence-electron chi connectivity index (χ2n) is 8.48. The van der Waals surface area contributed by atoms with E-state index in [0.29, 0.717) is 37.9 Å². The van der Waals surface area contributed by atoms with E-state index in [0.717, 1.165) is 5.01 Å². The van der Waals surface area contributed by atoms with Crippen molar-refractivity contribution in [1.29, 1.82) is 0 Å². The van der Waals surface area contributed by atoms with Gasteiger partial charge in [0.1, 0.15) is 5.01 Å². The van der Waals surface area contributed by atoms with Crippen molar-refractivity contribution in [2.45, 2.75) is 44.7 Å². The van der Waals surface area contributed by atoms with Crippen LogP contribution in [0.25, 0.3) is 10.9 Å². The number of aromatic amines is 1. The number of benzene rings is 1. The smallest absolute Gasteiger partial charge is 0.329 e. The molecule has 1 aliphatic heterocycles. The number of hydrogen-bond donors (Lipinski definition) is 2. The van der Waals surface area contributed by atoms with E-state index in [9.17, 15) is 18.4 Å². The summed E-state index contributed by atoms with van der Waals surface area (Å²) < 4.78 is 45.0. The minimum Gasteiger partial charge on any atom is -0.369 e. The zero-order chi connectivity index (χ0) is 22.7. The molecule has 11 heteroatoms. The highest BCUT2D eigenvalue weighted by molar-refractivity contribution is 7.09. The summed E-state index contributed by atoms with van der Waals surface area (Å²) in [6.45, 7) is 2.37. The molecule has 0 spiro atoms. The summed E-state index contributed by atoms with van der Waals surface area (Å²) in [7, 11) is 0. The molecule has 2 fully saturated rings. The number of thiazole rings is 1. The summed E-state index contributed by atoms with van der Waals surface area (Å²) in [5.74, 6) is -1.14. The zero-order valence-corrected chi connectivity index (χ0v) is 18.1. The van der Waals surface area contributed by atoms with Gasteiger partial charge in [0.2, 0.25) is 0 Å². The van der Waals surface area contributed by atoms with Crippen molar-refractivity contribution in [3.05, 3.63) is 54.4 Å². The van der Waals surface area contributed by atoms with Gasteiger partial charge in [0, 0.05) is 36.3 Å². The van der Waals surface area contributed by atoms with Crippen LogP contribution in [-0.4, -0.2) is 27.6 Å². The van der Waals surface area contributed by atoms with Gasteiger partial charge < -0.3 is 10.6 Å². The number of nitrogens with one attached hydrogen (secondary N) is 1. The van der Waals surface area contributed by atoms with Gasteiger partial charge in [0.15, 0.2) is 5.82 Å². The molecule has 1 aromatic carbocycles. The minimum atomic E-state index is -3.21. The van der Waals surface area contributed by atoms with E-state index < -0.39 is 34.4 Å². The first-order valence-corrected chi connectivity index (χ1v) is 11.4. The van der Waals surface area contributed by atoms with Gasteiger partial charge in [-0.3, -0.25) is 14.3 Å². The number of H-pyrrole nitrogens is 1. The molecule has 3 heterocycles. The highest BCUT2D eigenvalue weighted by Crippen LogP contribution is 2.43. The first-order chi connectivity index (χ1) is 15.3. The van der Waals surface area contributed by atoms with Gasteiger partial charge in [-0.15, -0.1) is 11.3 Å². The third kappa shape index (κ3) is 3.25. The first kappa shape index (κ1) is 21.2.